The molecule has 0 bridgehead atoms. The molecular weight excluding hydrogens is 178 g/mol. The molecule has 0 radical (unpaired) electrons. The number of H-pyrrole nitrogens is 1. The average Bonchev–Trinajstić information content (AvgIpc) is 2.69. The van der Waals surface area contributed by atoms with E-state index in [2.05, 4.69) is 5.16 Å². The SMILES string of the molecule is CC.O=c1cc(-c2ccccc2)o[nH]1. The predicted octanol–water partition coefficient (Wildman–Crippen LogP) is 2.66. The summed E-state index contributed by atoms with van der Waals surface area (Å²) in [6.45, 7) is 4.00. The molecule has 1 N–H and O–H groups in total. The van der Waals surface area contributed by atoms with E-state index in [0.29, 0.717) is 5.76 Å². The van der Waals surface area contributed by atoms with Crippen LogP contribution in [0.25, 0.3) is 11.3 Å². The van der Waals surface area contributed by atoms with Crippen molar-refractivity contribution in [3.63, 3.8) is 0 Å². The van der Waals surface area contributed by atoms with Gasteiger partial charge in [-0.2, -0.15) is 5.16 Å². The molecular formula is C11H13NO2. The Balaban J connectivity index is 0.000000461. The molecule has 3 nitrogen and oxygen atoms in total. The Morgan fingerprint density at radius 3 is 2.29 bits per heavy atom. The molecule has 74 valence electrons. The van der Waals surface area contributed by atoms with E-state index in [4.69, 9.17) is 4.52 Å². The summed E-state index contributed by atoms with van der Waals surface area (Å²) in [5.74, 6) is 0.570. The van der Waals surface area contributed by atoms with Crippen molar-refractivity contribution >= 4 is 0 Å². The number of benzene rings is 1. The van der Waals surface area contributed by atoms with Crippen LogP contribution in [0, 0.1) is 0 Å². The van der Waals surface area contributed by atoms with E-state index in [0.717, 1.165) is 5.56 Å². The quantitative estimate of drug-likeness (QED) is 0.753. The number of hydrogen-bond donors (Lipinski definition) is 1. The maximum absolute atomic E-state index is 10.7. The molecule has 1 heterocycles. The second kappa shape index (κ2) is 5.07. The summed E-state index contributed by atoms with van der Waals surface area (Å²) in [6.07, 6.45) is 0. The van der Waals surface area contributed by atoms with Gasteiger partial charge in [0.2, 0.25) is 0 Å². The average molecular weight is 191 g/mol. The van der Waals surface area contributed by atoms with Gasteiger partial charge in [-0.05, 0) is 0 Å². The first-order valence-corrected chi connectivity index (χ1v) is 4.60. The molecule has 0 unspecified atom stereocenters. The largest absolute Gasteiger partial charge is 0.378 e. The standard InChI is InChI=1S/C9H7NO2.C2H6/c11-9-6-8(12-10-9)7-4-2-1-3-5-7;1-2/h1-6H,(H,10,11);1-2H3. The minimum atomic E-state index is -0.214. The normalized spacial score (nSPS) is 9.00. The lowest BCUT2D eigenvalue weighted by molar-refractivity contribution is 0.426. The summed E-state index contributed by atoms with van der Waals surface area (Å²) in [4.78, 5) is 10.7. The summed E-state index contributed by atoms with van der Waals surface area (Å²) >= 11 is 0. The highest BCUT2D eigenvalue weighted by Crippen LogP contribution is 2.15. The number of rotatable bonds is 1. The van der Waals surface area contributed by atoms with Crippen molar-refractivity contribution in [3.05, 3.63) is 46.8 Å². The Hall–Kier alpha value is -1.77. The van der Waals surface area contributed by atoms with E-state index in [9.17, 15) is 4.79 Å². The Morgan fingerprint density at radius 2 is 1.79 bits per heavy atom. The molecule has 2 rings (SSSR count). The maximum Gasteiger partial charge on any atom is 0.280 e. The molecule has 0 aliphatic carbocycles. The molecule has 1 aromatic heterocycles. The molecule has 0 amide bonds. The van der Waals surface area contributed by atoms with Crippen molar-refractivity contribution in [2.24, 2.45) is 0 Å². The first-order chi connectivity index (χ1) is 6.86. The third-order valence-electron chi connectivity index (χ3n) is 1.58. The van der Waals surface area contributed by atoms with Crippen LogP contribution in [0.5, 0.6) is 0 Å². The fourth-order valence-corrected chi connectivity index (χ4v) is 1.03. The van der Waals surface area contributed by atoms with E-state index >= 15 is 0 Å². The van der Waals surface area contributed by atoms with Crippen LogP contribution in [-0.2, 0) is 0 Å². The maximum atomic E-state index is 10.7. The molecule has 0 saturated carbocycles. The molecule has 2 aromatic rings. The lowest BCUT2D eigenvalue weighted by Crippen LogP contribution is -1.92. The lowest BCUT2D eigenvalue weighted by atomic mass is 10.2. The highest BCUT2D eigenvalue weighted by Gasteiger charge is 2.00. The second-order valence-electron chi connectivity index (χ2n) is 2.44. The van der Waals surface area contributed by atoms with Crippen molar-refractivity contribution in [1.29, 1.82) is 0 Å². The minimum Gasteiger partial charge on any atom is -0.378 e. The zero-order chi connectivity index (χ0) is 10.4. The van der Waals surface area contributed by atoms with Crippen molar-refractivity contribution < 1.29 is 4.52 Å². The van der Waals surface area contributed by atoms with Gasteiger partial charge in [0.1, 0.15) is 0 Å². The van der Waals surface area contributed by atoms with Crippen LogP contribution in [0.3, 0.4) is 0 Å². The van der Waals surface area contributed by atoms with Gasteiger partial charge >= 0.3 is 0 Å². The molecule has 0 atom stereocenters. The summed E-state index contributed by atoms with van der Waals surface area (Å²) in [6, 6.07) is 10.9. The van der Waals surface area contributed by atoms with Crippen molar-refractivity contribution in [2.75, 3.05) is 0 Å². The fourth-order valence-electron chi connectivity index (χ4n) is 1.03. The molecule has 0 saturated heterocycles. The van der Waals surface area contributed by atoms with Crippen LogP contribution in [-0.4, -0.2) is 5.16 Å². The molecule has 1 aromatic carbocycles. The molecule has 0 spiro atoms. The van der Waals surface area contributed by atoms with Gasteiger partial charge in [-0.3, -0.25) is 4.79 Å². The zero-order valence-corrected chi connectivity index (χ0v) is 8.28. The summed E-state index contributed by atoms with van der Waals surface area (Å²) in [5, 5.41) is 2.24. The lowest BCUT2D eigenvalue weighted by Gasteiger charge is -1.91. The van der Waals surface area contributed by atoms with Crippen LogP contribution < -0.4 is 5.56 Å². The topological polar surface area (TPSA) is 46.0 Å². The van der Waals surface area contributed by atoms with E-state index < -0.39 is 0 Å². The highest BCUT2D eigenvalue weighted by molar-refractivity contribution is 5.55. The Kier molecular flexibility index (Phi) is 3.73. The Bertz CT molecular complexity index is 414. The van der Waals surface area contributed by atoms with Gasteiger partial charge in [0.05, 0.1) is 6.07 Å². The second-order valence-corrected chi connectivity index (χ2v) is 2.44. The van der Waals surface area contributed by atoms with E-state index in [1.165, 1.54) is 6.07 Å². The minimum absolute atomic E-state index is 0.214. The Labute approximate surface area is 82.4 Å². The zero-order valence-electron chi connectivity index (χ0n) is 8.28. The van der Waals surface area contributed by atoms with Crippen molar-refractivity contribution in [3.8, 4) is 11.3 Å². The monoisotopic (exact) mass is 191 g/mol. The van der Waals surface area contributed by atoms with Crippen LogP contribution in [0.4, 0.5) is 0 Å². The van der Waals surface area contributed by atoms with Gasteiger partial charge in [-0.15, -0.1) is 0 Å². The first-order valence-electron chi connectivity index (χ1n) is 4.60. The van der Waals surface area contributed by atoms with Gasteiger partial charge < -0.3 is 4.52 Å². The smallest absolute Gasteiger partial charge is 0.280 e. The van der Waals surface area contributed by atoms with E-state index in [1.807, 2.05) is 44.2 Å². The van der Waals surface area contributed by atoms with Gasteiger partial charge in [-0.1, -0.05) is 44.2 Å². The highest BCUT2D eigenvalue weighted by atomic mass is 16.5. The summed E-state index contributed by atoms with van der Waals surface area (Å²) in [7, 11) is 0. The van der Waals surface area contributed by atoms with Gasteiger partial charge in [0.25, 0.3) is 5.56 Å². The molecule has 0 fully saturated rings. The fraction of sp³-hybridized carbons (Fsp3) is 0.182. The third kappa shape index (κ3) is 2.36. The molecule has 14 heavy (non-hydrogen) atoms. The number of hydrogen-bond acceptors (Lipinski definition) is 2. The van der Waals surface area contributed by atoms with Crippen LogP contribution in [0.15, 0.2) is 45.7 Å². The summed E-state index contributed by atoms with van der Waals surface area (Å²) in [5.41, 5.74) is 0.685. The molecule has 3 heteroatoms. The third-order valence-corrected chi connectivity index (χ3v) is 1.58. The molecule has 0 aliphatic rings. The number of aromatic amines is 1. The van der Waals surface area contributed by atoms with Gasteiger partial charge in [0.15, 0.2) is 5.76 Å². The first kappa shape index (κ1) is 10.3. The number of aromatic nitrogens is 1. The van der Waals surface area contributed by atoms with Gasteiger partial charge in [-0.25, -0.2) is 0 Å². The van der Waals surface area contributed by atoms with E-state index in [1.54, 1.807) is 0 Å². The molecule has 0 aliphatic heterocycles. The predicted molar refractivity (Wildman–Crippen MR) is 56.1 cm³/mol. The number of nitrogens with one attached hydrogen (secondary N) is 1. The summed E-state index contributed by atoms with van der Waals surface area (Å²) < 4.78 is 4.91. The van der Waals surface area contributed by atoms with Gasteiger partial charge in [0, 0.05) is 5.56 Å². The van der Waals surface area contributed by atoms with Crippen LogP contribution >= 0.6 is 0 Å². The van der Waals surface area contributed by atoms with E-state index in [-0.39, 0.29) is 5.56 Å². The van der Waals surface area contributed by atoms with Crippen LogP contribution in [0.1, 0.15) is 13.8 Å². The van der Waals surface area contributed by atoms with Crippen molar-refractivity contribution in [2.45, 2.75) is 13.8 Å². The van der Waals surface area contributed by atoms with Crippen LogP contribution in [0.2, 0.25) is 0 Å². The Morgan fingerprint density at radius 1 is 1.14 bits per heavy atom. The van der Waals surface area contributed by atoms with Crippen molar-refractivity contribution in [1.82, 2.24) is 5.16 Å².